The number of hydrogen-bond acceptors (Lipinski definition) is 5. The molecule has 27 heavy (non-hydrogen) atoms. The van der Waals surface area contributed by atoms with Crippen molar-refractivity contribution in [1.29, 1.82) is 0 Å². The Balaban J connectivity index is 1.43. The van der Waals surface area contributed by atoms with Crippen molar-refractivity contribution in [2.24, 2.45) is 0 Å². The summed E-state index contributed by atoms with van der Waals surface area (Å²) in [7, 11) is 1.59. The first-order valence-electron chi connectivity index (χ1n) is 9.28. The minimum absolute atomic E-state index is 0.00890. The highest BCUT2D eigenvalue weighted by Gasteiger charge is 2.26. The summed E-state index contributed by atoms with van der Waals surface area (Å²) in [6, 6.07) is 13.7. The molecule has 0 unspecified atom stereocenters. The SMILES string of the molecule is COc1ccccc1OCC(=O)N1CCc2cc(N3CCOCC3)ccc21. The quantitative estimate of drug-likeness (QED) is 0.812. The Morgan fingerprint density at radius 2 is 1.85 bits per heavy atom. The molecule has 0 aliphatic carbocycles. The number of anilines is 2. The van der Waals surface area contributed by atoms with Gasteiger partial charge in [0.05, 0.1) is 20.3 Å². The van der Waals surface area contributed by atoms with Crippen LogP contribution in [0.4, 0.5) is 11.4 Å². The highest BCUT2D eigenvalue weighted by Crippen LogP contribution is 2.32. The van der Waals surface area contributed by atoms with Gasteiger partial charge >= 0.3 is 0 Å². The number of benzene rings is 2. The van der Waals surface area contributed by atoms with Gasteiger partial charge in [-0.3, -0.25) is 4.79 Å². The van der Waals surface area contributed by atoms with Crippen LogP contribution in [0.2, 0.25) is 0 Å². The van der Waals surface area contributed by atoms with Gasteiger partial charge in [-0.15, -0.1) is 0 Å². The summed E-state index contributed by atoms with van der Waals surface area (Å²) in [5.74, 6) is 1.16. The fraction of sp³-hybridized carbons (Fsp3) is 0.381. The molecule has 2 aliphatic rings. The maximum atomic E-state index is 12.7. The van der Waals surface area contributed by atoms with Crippen LogP contribution < -0.4 is 19.3 Å². The smallest absolute Gasteiger partial charge is 0.264 e. The highest BCUT2D eigenvalue weighted by atomic mass is 16.5. The van der Waals surface area contributed by atoms with E-state index in [2.05, 4.69) is 17.0 Å². The van der Waals surface area contributed by atoms with Crippen LogP contribution in [-0.4, -0.2) is 52.5 Å². The van der Waals surface area contributed by atoms with E-state index >= 15 is 0 Å². The summed E-state index contributed by atoms with van der Waals surface area (Å²) in [4.78, 5) is 16.8. The number of ether oxygens (including phenoxy) is 3. The van der Waals surface area contributed by atoms with Crippen molar-refractivity contribution in [2.75, 3.05) is 56.4 Å². The van der Waals surface area contributed by atoms with Gasteiger partial charge in [0.25, 0.3) is 5.91 Å². The van der Waals surface area contributed by atoms with Crippen molar-refractivity contribution in [3.63, 3.8) is 0 Å². The van der Waals surface area contributed by atoms with E-state index in [9.17, 15) is 4.79 Å². The molecule has 6 heteroatoms. The predicted octanol–water partition coefficient (Wildman–Crippen LogP) is 2.50. The third-order valence-corrected chi connectivity index (χ3v) is 5.06. The molecule has 0 bridgehead atoms. The molecule has 2 heterocycles. The summed E-state index contributed by atoms with van der Waals surface area (Å²) in [6.07, 6.45) is 0.869. The van der Waals surface area contributed by atoms with Crippen molar-refractivity contribution < 1.29 is 19.0 Å². The Morgan fingerprint density at radius 1 is 1.07 bits per heavy atom. The lowest BCUT2D eigenvalue weighted by molar-refractivity contribution is -0.120. The average Bonchev–Trinajstić information content (AvgIpc) is 3.16. The first kappa shape index (κ1) is 17.7. The summed E-state index contributed by atoms with van der Waals surface area (Å²) in [6.45, 7) is 4.04. The lowest BCUT2D eigenvalue weighted by atomic mass is 10.1. The molecule has 4 rings (SSSR count). The van der Waals surface area contributed by atoms with Crippen molar-refractivity contribution in [2.45, 2.75) is 6.42 Å². The van der Waals surface area contributed by atoms with E-state index < -0.39 is 0 Å². The Hall–Kier alpha value is -2.73. The molecule has 6 nitrogen and oxygen atoms in total. The van der Waals surface area contributed by atoms with Crippen LogP contribution in [0, 0.1) is 0 Å². The first-order valence-corrected chi connectivity index (χ1v) is 9.28. The molecular formula is C21H24N2O4. The Labute approximate surface area is 159 Å². The van der Waals surface area contributed by atoms with Gasteiger partial charge in [-0.25, -0.2) is 0 Å². The molecule has 0 aromatic heterocycles. The van der Waals surface area contributed by atoms with E-state index in [1.165, 1.54) is 11.3 Å². The maximum absolute atomic E-state index is 12.7. The van der Waals surface area contributed by atoms with Crippen molar-refractivity contribution >= 4 is 17.3 Å². The molecular weight excluding hydrogens is 344 g/mol. The number of fused-ring (bicyclic) bond motifs is 1. The molecule has 0 spiro atoms. The molecule has 1 saturated heterocycles. The minimum Gasteiger partial charge on any atom is -0.493 e. The zero-order valence-electron chi connectivity index (χ0n) is 15.5. The molecule has 1 amide bonds. The zero-order valence-corrected chi connectivity index (χ0v) is 15.5. The molecule has 0 N–H and O–H groups in total. The van der Waals surface area contributed by atoms with Crippen molar-refractivity contribution in [3.8, 4) is 11.5 Å². The van der Waals surface area contributed by atoms with E-state index in [-0.39, 0.29) is 12.5 Å². The lowest BCUT2D eigenvalue weighted by Gasteiger charge is -2.29. The number of carbonyl (C=O) groups excluding carboxylic acids is 1. The van der Waals surface area contributed by atoms with Gasteiger partial charge in [0, 0.05) is 31.0 Å². The van der Waals surface area contributed by atoms with E-state index in [1.54, 1.807) is 13.2 Å². The van der Waals surface area contributed by atoms with Gasteiger partial charge in [-0.2, -0.15) is 0 Å². The summed E-state index contributed by atoms with van der Waals surface area (Å²) >= 11 is 0. The van der Waals surface area contributed by atoms with Crippen LogP contribution in [0.25, 0.3) is 0 Å². The molecule has 1 fully saturated rings. The number of rotatable bonds is 5. The zero-order chi connectivity index (χ0) is 18.6. The monoisotopic (exact) mass is 368 g/mol. The normalized spacial score (nSPS) is 16.2. The first-order chi connectivity index (χ1) is 13.3. The van der Waals surface area contributed by atoms with Crippen LogP contribution >= 0.6 is 0 Å². The second-order valence-corrected chi connectivity index (χ2v) is 6.65. The van der Waals surface area contributed by atoms with Gasteiger partial charge in [0.2, 0.25) is 0 Å². The molecule has 0 radical (unpaired) electrons. The number of hydrogen-bond donors (Lipinski definition) is 0. The maximum Gasteiger partial charge on any atom is 0.264 e. The van der Waals surface area contributed by atoms with Gasteiger partial charge in [-0.05, 0) is 42.3 Å². The van der Waals surface area contributed by atoms with Crippen molar-refractivity contribution in [1.82, 2.24) is 0 Å². The van der Waals surface area contributed by atoms with Gasteiger partial charge in [0.1, 0.15) is 0 Å². The molecule has 2 aliphatic heterocycles. The third-order valence-electron chi connectivity index (χ3n) is 5.06. The second kappa shape index (κ2) is 7.88. The second-order valence-electron chi connectivity index (χ2n) is 6.65. The van der Waals surface area contributed by atoms with Crippen LogP contribution in [0.1, 0.15) is 5.56 Å². The summed E-state index contributed by atoms with van der Waals surface area (Å²) in [5.41, 5.74) is 3.40. The van der Waals surface area contributed by atoms with Gasteiger partial charge in [-0.1, -0.05) is 12.1 Å². The lowest BCUT2D eigenvalue weighted by Crippen LogP contribution is -2.36. The molecule has 142 valence electrons. The van der Waals surface area contributed by atoms with E-state index in [0.717, 1.165) is 38.4 Å². The number of amides is 1. The average molecular weight is 368 g/mol. The standard InChI is InChI=1S/C21H24N2O4/c1-25-19-4-2-3-5-20(19)27-15-21(24)23-9-8-16-14-17(6-7-18(16)23)22-10-12-26-13-11-22/h2-7,14H,8-13,15H2,1H3. The summed E-state index contributed by atoms with van der Waals surface area (Å²) < 4.78 is 16.4. The molecule has 0 atom stereocenters. The summed E-state index contributed by atoms with van der Waals surface area (Å²) in [5, 5.41) is 0. The fourth-order valence-electron chi connectivity index (χ4n) is 3.62. The number of methoxy groups -OCH3 is 1. The topological polar surface area (TPSA) is 51.2 Å². The van der Waals surface area contributed by atoms with Crippen molar-refractivity contribution in [3.05, 3.63) is 48.0 Å². The van der Waals surface area contributed by atoms with Crippen LogP contribution in [-0.2, 0) is 16.0 Å². The predicted molar refractivity (Wildman–Crippen MR) is 104 cm³/mol. The molecule has 0 saturated carbocycles. The number of carbonyl (C=O) groups is 1. The highest BCUT2D eigenvalue weighted by molar-refractivity contribution is 5.96. The van der Waals surface area contributed by atoms with Gasteiger partial charge < -0.3 is 24.0 Å². The Bertz CT molecular complexity index is 818. The van der Waals surface area contributed by atoms with E-state index in [1.807, 2.05) is 29.2 Å². The van der Waals surface area contributed by atoms with Crippen LogP contribution in [0.15, 0.2) is 42.5 Å². The van der Waals surface area contributed by atoms with E-state index in [0.29, 0.717) is 18.0 Å². The van der Waals surface area contributed by atoms with Gasteiger partial charge in [0.15, 0.2) is 18.1 Å². The molecule has 2 aromatic carbocycles. The van der Waals surface area contributed by atoms with Crippen LogP contribution in [0.5, 0.6) is 11.5 Å². The van der Waals surface area contributed by atoms with Crippen LogP contribution in [0.3, 0.4) is 0 Å². The number of para-hydroxylation sites is 2. The van der Waals surface area contributed by atoms with E-state index in [4.69, 9.17) is 14.2 Å². The Morgan fingerprint density at radius 3 is 2.63 bits per heavy atom. The minimum atomic E-state index is -0.0428. The Kier molecular flexibility index (Phi) is 5.16. The third kappa shape index (κ3) is 3.71. The largest absolute Gasteiger partial charge is 0.493 e. The molecule has 2 aromatic rings. The number of nitrogens with zero attached hydrogens (tertiary/aromatic N) is 2. The fourth-order valence-corrected chi connectivity index (χ4v) is 3.62. The number of morpholine rings is 1.